The van der Waals surface area contributed by atoms with Gasteiger partial charge in [0.25, 0.3) is 5.91 Å². The quantitative estimate of drug-likeness (QED) is 0.716. The van der Waals surface area contributed by atoms with Crippen LogP contribution in [-0.4, -0.2) is 15.4 Å². The second-order valence-corrected chi connectivity index (χ2v) is 7.23. The SMILES string of the molecule is O=C1N=C(SC(=O)c2ccccc2Cl)SC1=Cc1ccccc1. The fraction of sp³-hybridized carbons (Fsp3) is 0. The van der Waals surface area contributed by atoms with Gasteiger partial charge in [0, 0.05) is 5.56 Å². The molecule has 1 heterocycles. The van der Waals surface area contributed by atoms with Gasteiger partial charge >= 0.3 is 0 Å². The summed E-state index contributed by atoms with van der Waals surface area (Å²) in [5.74, 6) is -0.326. The van der Waals surface area contributed by atoms with Crippen LogP contribution in [0.25, 0.3) is 6.08 Å². The van der Waals surface area contributed by atoms with E-state index in [1.165, 1.54) is 11.8 Å². The molecular weight excluding hydrogens is 350 g/mol. The van der Waals surface area contributed by atoms with E-state index in [1.54, 1.807) is 30.3 Å². The third-order valence-corrected chi connectivity index (χ3v) is 5.25. The van der Waals surface area contributed by atoms with Crippen molar-refractivity contribution in [1.29, 1.82) is 0 Å². The Morgan fingerprint density at radius 3 is 2.52 bits per heavy atom. The largest absolute Gasteiger partial charge is 0.285 e. The van der Waals surface area contributed by atoms with Gasteiger partial charge in [-0.05, 0) is 35.5 Å². The molecule has 0 unspecified atom stereocenters. The van der Waals surface area contributed by atoms with Crippen molar-refractivity contribution >= 4 is 56.6 Å². The van der Waals surface area contributed by atoms with Crippen molar-refractivity contribution < 1.29 is 9.59 Å². The molecule has 1 aliphatic heterocycles. The van der Waals surface area contributed by atoms with E-state index in [-0.39, 0.29) is 11.0 Å². The van der Waals surface area contributed by atoms with Gasteiger partial charge in [0.15, 0.2) is 0 Å². The van der Waals surface area contributed by atoms with Crippen molar-refractivity contribution in [3.8, 4) is 0 Å². The minimum absolute atomic E-state index is 0.226. The highest BCUT2D eigenvalue weighted by atomic mass is 35.5. The van der Waals surface area contributed by atoms with Crippen LogP contribution in [0.5, 0.6) is 0 Å². The highest BCUT2D eigenvalue weighted by Gasteiger charge is 2.25. The molecule has 0 bridgehead atoms. The summed E-state index contributed by atoms with van der Waals surface area (Å²) in [4.78, 5) is 28.6. The van der Waals surface area contributed by atoms with Crippen molar-refractivity contribution in [2.24, 2.45) is 4.99 Å². The zero-order chi connectivity index (χ0) is 16.2. The van der Waals surface area contributed by atoms with Crippen molar-refractivity contribution in [3.05, 3.63) is 75.7 Å². The van der Waals surface area contributed by atoms with E-state index in [2.05, 4.69) is 4.99 Å². The number of carbonyl (C=O) groups is 2. The number of rotatable bonds is 2. The molecule has 1 amide bonds. The monoisotopic (exact) mass is 359 g/mol. The first kappa shape index (κ1) is 16.1. The lowest BCUT2D eigenvalue weighted by Crippen LogP contribution is -1.97. The summed E-state index contributed by atoms with van der Waals surface area (Å²) >= 11 is 8.13. The first-order valence-electron chi connectivity index (χ1n) is 6.68. The third-order valence-electron chi connectivity index (χ3n) is 2.97. The number of amides is 1. The van der Waals surface area contributed by atoms with Crippen LogP contribution in [-0.2, 0) is 4.79 Å². The van der Waals surface area contributed by atoms with E-state index >= 15 is 0 Å². The van der Waals surface area contributed by atoms with E-state index in [0.717, 1.165) is 17.3 Å². The number of hydrogen-bond donors (Lipinski definition) is 0. The van der Waals surface area contributed by atoms with E-state index in [4.69, 9.17) is 11.6 Å². The van der Waals surface area contributed by atoms with E-state index in [1.807, 2.05) is 30.3 Å². The average Bonchev–Trinajstić information content (AvgIpc) is 2.88. The normalized spacial score (nSPS) is 15.8. The second-order valence-electron chi connectivity index (χ2n) is 4.57. The standard InChI is InChI=1S/C17H10ClNO2S2/c18-13-9-5-4-8-12(13)16(21)23-17-19-15(20)14(22-17)10-11-6-2-1-3-7-11/h1-10H. The predicted molar refractivity (Wildman–Crippen MR) is 97.8 cm³/mol. The second kappa shape index (κ2) is 7.17. The molecule has 3 rings (SSSR count). The smallest absolute Gasteiger partial charge is 0.281 e. The van der Waals surface area contributed by atoms with Crippen molar-refractivity contribution in [2.75, 3.05) is 0 Å². The van der Waals surface area contributed by atoms with Gasteiger partial charge in [0.1, 0.15) is 4.38 Å². The molecule has 0 fully saturated rings. The first-order chi connectivity index (χ1) is 11.1. The molecule has 0 spiro atoms. The van der Waals surface area contributed by atoms with Crippen LogP contribution in [0.15, 0.2) is 64.5 Å². The molecule has 0 saturated heterocycles. The summed E-state index contributed by atoms with van der Waals surface area (Å²) in [6, 6.07) is 16.3. The lowest BCUT2D eigenvalue weighted by Gasteiger charge is -2.01. The van der Waals surface area contributed by atoms with Crippen molar-refractivity contribution in [3.63, 3.8) is 0 Å². The number of carbonyl (C=O) groups excluding carboxylic acids is 2. The summed E-state index contributed by atoms with van der Waals surface area (Å²) in [7, 11) is 0. The van der Waals surface area contributed by atoms with Crippen molar-refractivity contribution in [1.82, 2.24) is 0 Å². The maximum Gasteiger partial charge on any atom is 0.285 e. The van der Waals surface area contributed by atoms with Gasteiger partial charge in [-0.15, -0.1) is 0 Å². The fourth-order valence-corrected chi connectivity index (χ4v) is 4.06. The van der Waals surface area contributed by atoms with Crippen LogP contribution in [0, 0.1) is 0 Å². The van der Waals surface area contributed by atoms with Gasteiger partial charge in [-0.2, -0.15) is 4.99 Å². The highest BCUT2D eigenvalue weighted by Crippen LogP contribution is 2.35. The molecule has 23 heavy (non-hydrogen) atoms. The Labute approximate surface area is 146 Å². The molecule has 0 radical (unpaired) electrons. The molecule has 114 valence electrons. The number of thioether (sulfide) groups is 2. The first-order valence-corrected chi connectivity index (χ1v) is 8.69. The van der Waals surface area contributed by atoms with Crippen LogP contribution < -0.4 is 0 Å². The third kappa shape index (κ3) is 3.93. The van der Waals surface area contributed by atoms with Crippen LogP contribution in [0.3, 0.4) is 0 Å². The van der Waals surface area contributed by atoms with Crippen LogP contribution in [0.4, 0.5) is 0 Å². The van der Waals surface area contributed by atoms with Crippen molar-refractivity contribution in [2.45, 2.75) is 0 Å². The molecule has 2 aromatic rings. The average molecular weight is 360 g/mol. The van der Waals surface area contributed by atoms with E-state index in [0.29, 0.717) is 19.9 Å². The lowest BCUT2D eigenvalue weighted by molar-refractivity contribution is -0.113. The van der Waals surface area contributed by atoms with Crippen LogP contribution in [0.1, 0.15) is 15.9 Å². The van der Waals surface area contributed by atoms with E-state index in [9.17, 15) is 9.59 Å². The van der Waals surface area contributed by atoms with Gasteiger partial charge in [-0.3, -0.25) is 9.59 Å². The van der Waals surface area contributed by atoms with Crippen LogP contribution in [0.2, 0.25) is 5.02 Å². The molecule has 6 heteroatoms. The van der Waals surface area contributed by atoms with Crippen LogP contribution >= 0.6 is 35.1 Å². The number of aliphatic imine (C=N–C) groups is 1. The Morgan fingerprint density at radius 1 is 1.09 bits per heavy atom. The van der Waals surface area contributed by atoms with Gasteiger partial charge in [-0.25, -0.2) is 0 Å². The molecule has 0 N–H and O–H groups in total. The molecule has 0 aliphatic carbocycles. The van der Waals surface area contributed by atoms with E-state index < -0.39 is 0 Å². The topological polar surface area (TPSA) is 46.5 Å². The minimum atomic E-state index is -0.326. The van der Waals surface area contributed by atoms with Gasteiger partial charge < -0.3 is 0 Å². The molecule has 3 nitrogen and oxygen atoms in total. The maximum atomic E-state index is 12.2. The van der Waals surface area contributed by atoms with Gasteiger partial charge in [0.05, 0.1) is 9.93 Å². The lowest BCUT2D eigenvalue weighted by atomic mass is 10.2. The molecule has 0 aromatic heterocycles. The molecule has 1 aliphatic rings. The zero-order valence-corrected chi connectivity index (χ0v) is 14.1. The summed E-state index contributed by atoms with van der Waals surface area (Å²) in [5.41, 5.74) is 1.33. The number of nitrogens with zero attached hydrogens (tertiary/aromatic N) is 1. The Hall–Kier alpha value is -1.82. The Kier molecular flexibility index (Phi) is 5.00. The molecule has 0 atom stereocenters. The summed E-state index contributed by atoms with van der Waals surface area (Å²) < 4.78 is 0.419. The number of hydrogen-bond acceptors (Lipinski definition) is 4. The Morgan fingerprint density at radius 2 is 1.78 bits per heavy atom. The number of halogens is 1. The highest BCUT2D eigenvalue weighted by molar-refractivity contribution is 8.46. The molecule has 2 aromatic carbocycles. The minimum Gasteiger partial charge on any atom is -0.281 e. The summed E-state index contributed by atoms with van der Waals surface area (Å²) in [6.45, 7) is 0. The van der Waals surface area contributed by atoms with Gasteiger partial charge in [-0.1, -0.05) is 65.8 Å². The summed E-state index contributed by atoms with van der Waals surface area (Å²) in [6.07, 6.45) is 1.77. The maximum absolute atomic E-state index is 12.2. The summed E-state index contributed by atoms with van der Waals surface area (Å²) in [5, 5.41) is 0.163. The zero-order valence-electron chi connectivity index (χ0n) is 11.7. The predicted octanol–water partition coefficient (Wildman–Crippen LogP) is 4.88. The fourth-order valence-electron chi connectivity index (χ4n) is 1.90. The molecule has 0 saturated carbocycles. The Bertz CT molecular complexity index is 831. The Balaban J connectivity index is 1.73. The number of benzene rings is 2. The molecular formula is C17H10ClNO2S2. The van der Waals surface area contributed by atoms with Gasteiger partial charge in [0.2, 0.25) is 5.12 Å².